The first-order chi connectivity index (χ1) is 11.7. The number of nitrogens with zero attached hydrogens (tertiary/aromatic N) is 2. The normalized spacial score (nSPS) is 14.5. The molecule has 1 amide bonds. The number of anilines is 1. The third-order valence-corrected chi connectivity index (χ3v) is 4.55. The molecule has 2 aromatic heterocycles. The van der Waals surface area contributed by atoms with Gasteiger partial charge in [0.2, 0.25) is 5.56 Å². The van der Waals surface area contributed by atoms with Gasteiger partial charge in [-0.3, -0.25) is 14.3 Å². The minimum atomic E-state index is -0.249. The average molecular weight is 322 g/mol. The van der Waals surface area contributed by atoms with Crippen LogP contribution in [-0.4, -0.2) is 20.7 Å². The lowest BCUT2D eigenvalue weighted by atomic mass is 9.85. The summed E-state index contributed by atoms with van der Waals surface area (Å²) in [5.41, 5.74) is 1.59. The Morgan fingerprint density at radius 1 is 1.29 bits per heavy atom. The highest BCUT2D eigenvalue weighted by molar-refractivity contribution is 6.11. The number of aromatic amines is 1. The van der Waals surface area contributed by atoms with Crippen LogP contribution in [0.1, 0.15) is 29.8 Å². The van der Waals surface area contributed by atoms with Gasteiger partial charge in [-0.25, -0.2) is 0 Å². The standard InChI is InChI=1S/C18H18N4O2/c23-16-10-13(8-9-19-16)20-18(24)17-14-6-1-2-7-15(14)21-22(17)11-12-4-3-5-12/h1-2,6-10,12H,3-5,11H2,(H2,19,20,23,24). The lowest BCUT2D eigenvalue weighted by molar-refractivity contribution is 0.101. The molecule has 1 aromatic carbocycles. The van der Waals surface area contributed by atoms with Gasteiger partial charge in [-0.05, 0) is 30.9 Å². The molecule has 24 heavy (non-hydrogen) atoms. The summed E-state index contributed by atoms with van der Waals surface area (Å²) in [4.78, 5) is 26.8. The van der Waals surface area contributed by atoms with Crippen LogP contribution in [0.3, 0.4) is 0 Å². The molecule has 1 aliphatic rings. The summed E-state index contributed by atoms with van der Waals surface area (Å²) < 4.78 is 1.82. The molecule has 0 atom stereocenters. The van der Waals surface area contributed by atoms with Gasteiger partial charge >= 0.3 is 0 Å². The van der Waals surface area contributed by atoms with E-state index in [-0.39, 0.29) is 11.5 Å². The molecule has 6 nitrogen and oxygen atoms in total. The minimum absolute atomic E-state index is 0.242. The number of rotatable bonds is 4. The second-order valence-corrected chi connectivity index (χ2v) is 6.24. The van der Waals surface area contributed by atoms with Crippen molar-refractivity contribution in [3.05, 3.63) is 58.6 Å². The van der Waals surface area contributed by atoms with Gasteiger partial charge < -0.3 is 10.3 Å². The molecule has 0 radical (unpaired) electrons. The number of pyridine rings is 1. The molecular formula is C18H18N4O2. The highest BCUT2D eigenvalue weighted by Gasteiger charge is 2.23. The van der Waals surface area contributed by atoms with Crippen molar-refractivity contribution in [1.29, 1.82) is 0 Å². The van der Waals surface area contributed by atoms with Gasteiger partial charge in [-0.15, -0.1) is 0 Å². The molecule has 6 heteroatoms. The predicted octanol–water partition coefficient (Wildman–Crippen LogP) is 2.78. The Kier molecular flexibility index (Phi) is 3.65. The van der Waals surface area contributed by atoms with Crippen LogP contribution in [-0.2, 0) is 6.54 Å². The van der Waals surface area contributed by atoms with Gasteiger partial charge in [-0.1, -0.05) is 24.6 Å². The maximum absolute atomic E-state index is 12.8. The van der Waals surface area contributed by atoms with Crippen LogP contribution in [0.4, 0.5) is 5.69 Å². The van der Waals surface area contributed by atoms with E-state index in [0.29, 0.717) is 17.3 Å². The molecule has 1 saturated carbocycles. The molecule has 0 bridgehead atoms. The molecular weight excluding hydrogens is 304 g/mol. The molecule has 4 rings (SSSR count). The van der Waals surface area contributed by atoms with E-state index in [0.717, 1.165) is 17.4 Å². The minimum Gasteiger partial charge on any atom is -0.329 e. The fraction of sp³-hybridized carbons (Fsp3) is 0.278. The lowest BCUT2D eigenvalue weighted by Crippen LogP contribution is -2.24. The molecule has 2 N–H and O–H groups in total. The lowest BCUT2D eigenvalue weighted by Gasteiger charge is -2.25. The van der Waals surface area contributed by atoms with E-state index in [1.165, 1.54) is 31.5 Å². The summed E-state index contributed by atoms with van der Waals surface area (Å²) in [6.07, 6.45) is 5.14. The van der Waals surface area contributed by atoms with Gasteiger partial charge in [-0.2, -0.15) is 5.10 Å². The van der Waals surface area contributed by atoms with Crippen LogP contribution in [0, 0.1) is 5.92 Å². The number of hydrogen-bond acceptors (Lipinski definition) is 3. The Morgan fingerprint density at radius 2 is 2.12 bits per heavy atom. The second kappa shape index (κ2) is 5.96. The van der Waals surface area contributed by atoms with Gasteiger partial charge in [0.1, 0.15) is 5.69 Å². The van der Waals surface area contributed by atoms with Crippen molar-refractivity contribution >= 4 is 22.5 Å². The number of H-pyrrole nitrogens is 1. The summed E-state index contributed by atoms with van der Waals surface area (Å²) in [7, 11) is 0. The van der Waals surface area contributed by atoms with Crippen LogP contribution in [0.2, 0.25) is 0 Å². The number of benzene rings is 1. The van der Waals surface area contributed by atoms with Gasteiger partial charge in [0, 0.05) is 29.9 Å². The number of hydrogen-bond donors (Lipinski definition) is 2. The van der Waals surface area contributed by atoms with Crippen molar-refractivity contribution in [3.63, 3.8) is 0 Å². The molecule has 1 fully saturated rings. The quantitative estimate of drug-likeness (QED) is 0.775. The van der Waals surface area contributed by atoms with Crippen LogP contribution < -0.4 is 10.9 Å². The SMILES string of the molecule is O=C(Nc1cc[nH]c(=O)c1)c1c2ccccc2nn1CC1CCC1. The second-order valence-electron chi connectivity index (χ2n) is 6.24. The highest BCUT2D eigenvalue weighted by atomic mass is 16.2. The maximum Gasteiger partial charge on any atom is 0.274 e. The largest absolute Gasteiger partial charge is 0.329 e. The smallest absolute Gasteiger partial charge is 0.274 e. The summed E-state index contributed by atoms with van der Waals surface area (Å²) in [5.74, 6) is 0.346. The van der Waals surface area contributed by atoms with E-state index in [1.807, 2.05) is 28.9 Å². The molecule has 2 heterocycles. The number of fused-ring (bicyclic) bond motifs is 1. The van der Waals surface area contributed by atoms with Crippen LogP contribution in [0.25, 0.3) is 10.9 Å². The molecule has 0 aliphatic heterocycles. The van der Waals surface area contributed by atoms with Crippen molar-refractivity contribution < 1.29 is 4.79 Å². The first kappa shape index (κ1) is 14.7. The molecule has 0 spiro atoms. The Morgan fingerprint density at radius 3 is 2.88 bits per heavy atom. The predicted molar refractivity (Wildman–Crippen MR) is 92.1 cm³/mol. The van der Waals surface area contributed by atoms with Gasteiger partial charge in [0.25, 0.3) is 5.91 Å². The number of carbonyl (C=O) groups excluding carboxylic acids is 1. The van der Waals surface area contributed by atoms with Crippen molar-refractivity contribution in [2.45, 2.75) is 25.8 Å². The summed E-state index contributed by atoms with van der Waals surface area (Å²) >= 11 is 0. The van der Waals surface area contributed by atoms with Crippen molar-refractivity contribution in [2.75, 3.05) is 5.32 Å². The van der Waals surface area contributed by atoms with Crippen LogP contribution >= 0.6 is 0 Å². The van der Waals surface area contributed by atoms with E-state index >= 15 is 0 Å². The third kappa shape index (κ3) is 2.71. The molecule has 122 valence electrons. The van der Waals surface area contributed by atoms with E-state index in [2.05, 4.69) is 15.4 Å². The zero-order valence-electron chi connectivity index (χ0n) is 13.2. The maximum atomic E-state index is 12.8. The van der Waals surface area contributed by atoms with Gasteiger partial charge in [0.15, 0.2) is 0 Å². The molecule has 0 unspecified atom stereocenters. The summed E-state index contributed by atoms with van der Waals surface area (Å²) in [6, 6.07) is 10.7. The zero-order valence-corrected chi connectivity index (χ0v) is 13.2. The number of carbonyl (C=O) groups is 1. The Labute approximate surface area is 138 Å². The van der Waals surface area contributed by atoms with Crippen molar-refractivity contribution in [1.82, 2.24) is 14.8 Å². The van der Waals surface area contributed by atoms with E-state index in [4.69, 9.17) is 0 Å². The number of amides is 1. The fourth-order valence-corrected chi connectivity index (χ4v) is 3.08. The van der Waals surface area contributed by atoms with E-state index in [1.54, 1.807) is 6.07 Å². The van der Waals surface area contributed by atoms with Crippen molar-refractivity contribution in [3.8, 4) is 0 Å². The Balaban J connectivity index is 1.71. The van der Waals surface area contributed by atoms with Crippen LogP contribution in [0.5, 0.6) is 0 Å². The third-order valence-electron chi connectivity index (χ3n) is 4.55. The number of aromatic nitrogens is 3. The molecule has 3 aromatic rings. The van der Waals surface area contributed by atoms with Crippen LogP contribution in [0.15, 0.2) is 47.4 Å². The average Bonchev–Trinajstić information content (AvgIpc) is 2.89. The monoisotopic (exact) mass is 322 g/mol. The topological polar surface area (TPSA) is 79.8 Å². The van der Waals surface area contributed by atoms with E-state index in [9.17, 15) is 9.59 Å². The first-order valence-electron chi connectivity index (χ1n) is 8.16. The van der Waals surface area contributed by atoms with Crippen molar-refractivity contribution in [2.24, 2.45) is 5.92 Å². The summed E-state index contributed by atoms with van der Waals surface area (Å²) in [6.45, 7) is 0.757. The van der Waals surface area contributed by atoms with Gasteiger partial charge in [0.05, 0.1) is 5.52 Å². The Bertz CT molecular complexity index is 953. The Hall–Kier alpha value is -2.89. The highest BCUT2D eigenvalue weighted by Crippen LogP contribution is 2.29. The number of nitrogens with one attached hydrogen (secondary N) is 2. The zero-order chi connectivity index (χ0) is 16.5. The summed E-state index contributed by atoms with van der Waals surface area (Å²) in [5, 5.41) is 8.24. The molecule has 1 aliphatic carbocycles. The fourth-order valence-electron chi connectivity index (χ4n) is 3.08. The van der Waals surface area contributed by atoms with E-state index < -0.39 is 0 Å². The first-order valence-corrected chi connectivity index (χ1v) is 8.16. The molecule has 0 saturated heterocycles.